The van der Waals surface area contributed by atoms with Gasteiger partial charge in [-0.05, 0) is 36.4 Å². The molecule has 2 heterocycles. The molecule has 32 heavy (non-hydrogen) atoms. The first kappa shape index (κ1) is 20.4. The molecule has 0 bridgehead atoms. The maximum absolute atomic E-state index is 12.9. The van der Waals surface area contributed by atoms with E-state index in [9.17, 15) is 14.9 Å². The maximum Gasteiger partial charge on any atom is 0.287 e. The average Bonchev–Trinajstić information content (AvgIpc) is 3.34. The van der Waals surface area contributed by atoms with Crippen molar-refractivity contribution in [1.29, 1.82) is 0 Å². The van der Waals surface area contributed by atoms with Crippen molar-refractivity contribution < 1.29 is 14.1 Å². The van der Waals surface area contributed by atoms with E-state index in [4.69, 9.17) is 27.6 Å². The summed E-state index contributed by atoms with van der Waals surface area (Å²) in [4.78, 5) is 28.3. The van der Waals surface area contributed by atoms with Crippen molar-refractivity contribution in [2.24, 2.45) is 0 Å². The van der Waals surface area contributed by atoms with Gasteiger partial charge < -0.3 is 9.73 Å². The van der Waals surface area contributed by atoms with Gasteiger partial charge in [0.05, 0.1) is 9.95 Å². The summed E-state index contributed by atoms with van der Waals surface area (Å²) in [6.45, 7) is 0. The van der Waals surface area contributed by atoms with Crippen LogP contribution in [0.5, 0.6) is 0 Å². The van der Waals surface area contributed by atoms with Crippen LogP contribution in [0, 0.1) is 10.1 Å². The number of hydrogen-bond donors (Lipinski definition) is 1. The van der Waals surface area contributed by atoms with Gasteiger partial charge in [0.15, 0.2) is 5.58 Å². The Labute approximate surface area is 194 Å². The summed E-state index contributed by atoms with van der Waals surface area (Å²) in [5, 5.41) is 15.3. The number of fused-ring (bicyclic) bond motifs is 2. The normalized spacial score (nSPS) is 11.2. The molecule has 7 nitrogen and oxygen atoms in total. The van der Waals surface area contributed by atoms with Crippen LogP contribution >= 0.6 is 34.5 Å². The van der Waals surface area contributed by atoms with Crippen LogP contribution in [0.3, 0.4) is 0 Å². The fourth-order valence-corrected chi connectivity index (χ4v) is 4.96. The third-order valence-electron chi connectivity index (χ3n) is 4.75. The maximum atomic E-state index is 12.9. The molecule has 0 aliphatic carbocycles. The highest BCUT2D eigenvalue weighted by Crippen LogP contribution is 2.40. The lowest BCUT2D eigenvalue weighted by Gasteiger charge is -2.05. The summed E-state index contributed by atoms with van der Waals surface area (Å²) in [5.41, 5.74) is 2.29. The highest BCUT2D eigenvalue weighted by Gasteiger charge is 2.23. The molecule has 10 heteroatoms. The van der Waals surface area contributed by atoms with Gasteiger partial charge in [-0.2, -0.15) is 0 Å². The molecule has 1 N–H and O–H groups in total. The summed E-state index contributed by atoms with van der Waals surface area (Å²) in [5.74, 6) is -0.0825. The van der Waals surface area contributed by atoms with Crippen LogP contribution < -0.4 is 5.32 Å². The van der Waals surface area contributed by atoms with Gasteiger partial charge in [0.25, 0.3) is 11.6 Å². The molecule has 0 aliphatic rings. The van der Waals surface area contributed by atoms with Crippen LogP contribution in [0.4, 0.5) is 11.4 Å². The Morgan fingerprint density at radius 2 is 1.91 bits per heavy atom. The first-order valence-electron chi connectivity index (χ1n) is 9.24. The number of oxazole rings is 1. The summed E-state index contributed by atoms with van der Waals surface area (Å²) < 4.78 is 6.14. The molecule has 5 rings (SSSR count). The molecule has 158 valence electrons. The highest BCUT2D eigenvalue weighted by atomic mass is 35.5. The zero-order chi connectivity index (χ0) is 22.4. The fraction of sp³-hybridized carbons (Fsp3) is 0. The molecule has 2 aromatic heterocycles. The van der Waals surface area contributed by atoms with Crippen molar-refractivity contribution in [3.8, 4) is 11.5 Å². The molecule has 0 atom stereocenters. The average molecular weight is 484 g/mol. The lowest BCUT2D eigenvalue weighted by Crippen LogP contribution is -2.10. The van der Waals surface area contributed by atoms with Crippen LogP contribution in [0.25, 0.3) is 32.6 Å². The predicted molar refractivity (Wildman–Crippen MR) is 126 cm³/mol. The number of halogens is 2. The van der Waals surface area contributed by atoms with Gasteiger partial charge in [0.1, 0.15) is 15.1 Å². The molecule has 1 amide bonds. The molecular formula is C22H11Cl2N3O4S. The van der Waals surface area contributed by atoms with Crippen LogP contribution in [0.2, 0.25) is 10.0 Å². The van der Waals surface area contributed by atoms with Crippen molar-refractivity contribution in [3.05, 3.63) is 85.7 Å². The molecular weight excluding hydrogens is 473 g/mol. The number of carbonyl (C=O) groups is 1. The Bertz CT molecular complexity index is 1540. The number of amides is 1. The minimum absolute atomic E-state index is 0.0912. The summed E-state index contributed by atoms with van der Waals surface area (Å²) in [6, 6.07) is 16.7. The van der Waals surface area contributed by atoms with Crippen molar-refractivity contribution in [2.75, 3.05) is 5.32 Å². The van der Waals surface area contributed by atoms with Gasteiger partial charge in [0, 0.05) is 27.7 Å². The number of non-ortho nitro benzene ring substituents is 1. The van der Waals surface area contributed by atoms with Crippen LogP contribution in [0.15, 0.2) is 65.1 Å². The number of nitrogens with zero attached hydrogens (tertiary/aromatic N) is 2. The lowest BCUT2D eigenvalue weighted by molar-refractivity contribution is -0.382. The second-order valence-electron chi connectivity index (χ2n) is 6.82. The van der Waals surface area contributed by atoms with Gasteiger partial charge in [-0.1, -0.05) is 41.4 Å². The highest BCUT2D eigenvalue weighted by molar-refractivity contribution is 7.22. The van der Waals surface area contributed by atoms with Crippen molar-refractivity contribution in [3.63, 3.8) is 0 Å². The molecule has 0 saturated heterocycles. The molecule has 0 radical (unpaired) electrons. The predicted octanol–water partition coefficient (Wildman–Crippen LogP) is 7.18. The number of anilines is 1. The van der Waals surface area contributed by atoms with Gasteiger partial charge in [0.2, 0.25) is 5.89 Å². The van der Waals surface area contributed by atoms with E-state index in [-0.39, 0.29) is 15.6 Å². The van der Waals surface area contributed by atoms with Crippen LogP contribution in [-0.2, 0) is 0 Å². The largest absolute Gasteiger partial charge is 0.436 e. The van der Waals surface area contributed by atoms with E-state index >= 15 is 0 Å². The van der Waals surface area contributed by atoms with Gasteiger partial charge in [-0.3, -0.25) is 14.9 Å². The molecule has 0 spiro atoms. The zero-order valence-electron chi connectivity index (χ0n) is 16.0. The number of rotatable bonds is 4. The smallest absolute Gasteiger partial charge is 0.287 e. The lowest BCUT2D eigenvalue weighted by atomic mass is 10.2. The Kier molecular flexibility index (Phi) is 5.05. The van der Waals surface area contributed by atoms with E-state index in [2.05, 4.69) is 10.3 Å². The van der Waals surface area contributed by atoms with E-state index in [1.165, 1.54) is 12.1 Å². The molecule has 0 unspecified atom stereocenters. The number of hydrogen-bond acceptors (Lipinski definition) is 6. The number of aromatic nitrogens is 1. The SMILES string of the molecule is O=C(Nc1cccc(-c2nc3cc(Cl)ccc3o2)c1)c1sc2c([N+](=O)[O-])cccc2c1Cl. The fourth-order valence-electron chi connectivity index (χ4n) is 3.31. The van der Waals surface area contributed by atoms with Crippen LogP contribution in [-0.4, -0.2) is 15.8 Å². The van der Waals surface area contributed by atoms with Gasteiger partial charge >= 0.3 is 0 Å². The summed E-state index contributed by atoms with van der Waals surface area (Å²) in [7, 11) is 0. The Balaban J connectivity index is 1.47. The minimum atomic E-state index is -0.492. The molecule has 0 aliphatic heterocycles. The van der Waals surface area contributed by atoms with E-state index in [1.54, 1.807) is 48.5 Å². The number of benzene rings is 3. The topological polar surface area (TPSA) is 98.3 Å². The van der Waals surface area contributed by atoms with Crippen LogP contribution in [0.1, 0.15) is 9.67 Å². The number of nitro benzene ring substituents is 1. The minimum Gasteiger partial charge on any atom is -0.436 e. The van der Waals surface area contributed by atoms with Crippen molar-refractivity contribution in [2.45, 2.75) is 0 Å². The molecule has 0 saturated carbocycles. The van der Waals surface area contributed by atoms with Gasteiger partial charge in [-0.15, -0.1) is 11.3 Å². The number of nitro groups is 1. The summed E-state index contributed by atoms with van der Waals surface area (Å²) >= 11 is 13.4. The zero-order valence-corrected chi connectivity index (χ0v) is 18.3. The van der Waals surface area contributed by atoms with Crippen molar-refractivity contribution in [1.82, 2.24) is 4.98 Å². The Morgan fingerprint density at radius 1 is 1.09 bits per heavy atom. The first-order chi connectivity index (χ1) is 15.4. The number of nitrogens with one attached hydrogen (secondary N) is 1. The molecule has 0 fully saturated rings. The summed E-state index contributed by atoms with van der Waals surface area (Å²) in [6.07, 6.45) is 0. The van der Waals surface area contributed by atoms with E-state index < -0.39 is 10.8 Å². The Morgan fingerprint density at radius 3 is 2.72 bits per heavy atom. The number of thiophene rings is 1. The van der Waals surface area contributed by atoms with E-state index in [0.717, 1.165) is 11.3 Å². The Hall–Kier alpha value is -3.46. The molecule has 5 aromatic rings. The van der Waals surface area contributed by atoms with Gasteiger partial charge in [-0.25, -0.2) is 4.98 Å². The number of carbonyl (C=O) groups excluding carboxylic acids is 1. The molecule has 3 aromatic carbocycles. The third kappa shape index (κ3) is 3.58. The first-order valence-corrected chi connectivity index (χ1v) is 10.8. The standard InChI is InChI=1S/C22H11Cl2N3O4S/c23-12-7-8-17-15(10-12)26-22(31-17)11-3-1-4-13(9-11)25-21(28)20-18(24)14-5-2-6-16(27(29)30)19(14)32-20/h1-10H,(H,25,28). The van der Waals surface area contributed by atoms with E-state index in [0.29, 0.717) is 43.4 Å². The van der Waals surface area contributed by atoms with E-state index in [1.807, 2.05) is 0 Å². The quantitative estimate of drug-likeness (QED) is 0.215. The van der Waals surface area contributed by atoms with Crippen molar-refractivity contribution >= 4 is 73.0 Å². The second kappa shape index (κ2) is 7.90. The third-order valence-corrected chi connectivity index (χ3v) is 6.72. The second-order valence-corrected chi connectivity index (χ2v) is 8.66. The monoisotopic (exact) mass is 483 g/mol.